The predicted molar refractivity (Wildman–Crippen MR) is 47.4 cm³/mol. The maximum Gasteiger partial charge on any atom is 0.405 e. The maximum atomic E-state index is 10.1. The topological polar surface area (TPSA) is 52.3 Å². The number of ether oxygens (including phenoxy) is 1. The molecule has 0 atom stereocenters. The molecule has 68 valence electrons. The monoisotopic (exact) mass is 169 g/mol. The van der Waals surface area contributed by atoms with Crippen molar-refractivity contribution in [2.75, 3.05) is 6.61 Å². The minimum atomic E-state index is -0.778. The van der Waals surface area contributed by atoms with E-state index in [9.17, 15) is 4.79 Å². The highest BCUT2D eigenvalue weighted by molar-refractivity contribution is 5.64. The third kappa shape index (κ3) is 8.83. The van der Waals surface area contributed by atoms with Crippen molar-refractivity contribution in [1.82, 2.24) is 0 Å². The molecule has 1 amide bonds. The van der Waals surface area contributed by atoms with Gasteiger partial charge in [0.2, 0.25) is 0 Å². The summed E-state index contributed by atoms with van der Waals surface area (Å²) in [5, 5.41) is 0. The Balaban J connectivity index is 3.55. The number of carbonyl (C=O) groups is 1. The molecule has 0 fully saturated rings. The molecule has 0 aromatic carbocycles. The molecule has 12 heavy (non-hydrogen) atoms. The summed E-state index contributed by atoms with van der Waals surface area (Å²) in [7, 11) is 0. The highest BCUT2D eigenvalue weighted by Gasteiger charge is 2.06. The van der Waals surface area contributed by atoms with Gasteiger partial charge in [0.05, 0.1) is 0 Å². The van der Waals surface area contributed by atoms with Gasteiger partial charge in [0.25, 0.3) is 0 Å². The van der Waals surface area contributed by atoms with E-state index < -0.39 is 6.09 Å². The van der Waals surface area contributed by atoms with Crippen molar-refractivity contribution in [3.05, 3.63) is 0 Å². The second-order valence-corrected chi connectivity index (χ2v) is 3.70. The first-order valence-corrected chi connectivity index (χ1v) is 3.80. The summed E-state index contributed by atoms with van der Waals surface area (Å²) >= 11 is 0. The van der Waals surface area contributed by atoms with E-state index in [-0.39, 0.29) is 12.0 Å². The van der Waals surface area contributed by atoms with E-state index in [1.165, 1.54) is 0 Å². The lowest BCUT2D eigenvalue weighted by Crippen LogP contribution is -2.12. The summed E-state index contributed by atoms with van der Waals surface area (Å²) in [6.45, 7) is 6.37. The fourth-order valence-corrected chi connectivity index (χ4v) is 0.486. The number of carbonyl (C=O) groups excluding carboxylic acids is 1. The molecule has 0 saturated carbocycles. The van der Waals surface area contributed by atoms with E-state index in [4.69, 9.17) is 5.73 Å². The van der Waals surface area contributed by atoms with Crippen LogP contribution in [0.2, 0.25) is 0 Å². The molecule has 0 spiro atoms. The van der Waals surface area contributed by atoms with Crippen molar-refractivity contribution in [3.63, 3.8) is 0 Å². The Morgan fingerprint density at radius 3 is 2.42 bits per heavy atom. The molecule has 0 radical (unpaired) electrons. The Bertz CT molecular complexity index is 205. The van der Waals surface area contributed by atoms with Gasteiger partial charge in [0.15, 0.2) is 6.61 Å². The van der Waals surface area contributed by atoms with Gasteiger partial charge in [-0.1, -0.05) is 32.6 Å². The minimum Gasteiger partial charge on any atom is -0.437 e. The van der Waals surface area contributed by atoms with Crippen LogP contribution in [0.5, 0.6) is 0 Å². The zero-order chi connectivity index (χ0) is 9.61. The third-order valence-corrected chi connectivity index (χ3v) is 1.03. The molecular weight excluding hydrogens is 154 g/mol. The molecule has 0 aliphatic rings. The average Bonchev–Trinajstić information content (AvgIpc) is 1.83. The molecule has 0 unspecified atom stereocenters. The van der Waals surface area contributed by atoms with Crippen molar-refractivity contribution in [3.8, 4) is 11.8 Å². The zero-order valence-electron chi connectivity index (χ0n) is 7.81. The average molecular weight is 169 g/mol. The maximum absolute atomic E-state index is 10.1. The van der Waals surface area contributed by atoms with Crippen molar-refractivity contribution in [2.45, 2.75) is 27.2 Å². The second kappa shape index (κ2) is 4.66. The Hall–Kier alpha value is -1.17. The van der Waals surface area contributed by atoms with Crippen LogP contribution in [0.25, 0.3) is 0 Å². The van der Waals surface area contributed by atoms with E-state index in [1.54, 1.807) is 0 Å². The largest absolute Gasteiger partial charge is 0.437 e. The number of amides is 1. The number of hydrogen-bond donors (Lipinski definition) is 1. The normalized spacial score (nSPS) is 9.92. The molecular formula is C9H15NO2. The number of primary amides is 1. The van der Waals surface area contributed by atoms with Crippen LogP contribution < -0.4 is 5.73 Å². The molecule has 0 aliphatic carbocycles. The van der Waals surface area contributed by atoms with E-state index in [0.717, 1.165) is 6.42 Å². The lowest BCUT2D eigenvalue weighted by atomic mass is 9.93. The van der Waals surface area contributed by atoms with Crippen molar-refractivity contribution in [2.24, 2.45) is 11.1 Å². The molecule has 0 heterocycles. The van der Waals surface area contributed by atoms with Crippen LogP contribution in [0.1, 0.15) is 27.2 Å². The Labute approximate surface area is 73.3 Å². The van der Waals surface area contributed by atoms with Gasteiger partial charge in [-0.15, -0.1) is 0 Å². The van der Waals surface area contributed by atoms with Crippen molar-refractivity contribution in [1.29, 1.82) is 0 Å². The fraction of sp³-hybridized carbons (Fsp3) is 0.667. The van der Waals surface area contributed by atoms with E-state index in [1.807, 2.05) is 0 Å². The molecule has 0 aliphatic heterocycles. The van der Waals surface area contributed by atoms with Gasteiger partial charge in [-0.25, -0.2) is 4.79 Å². The molecule has 3 nitrogen and oxygen atoms in total. The molecule has 0 aromatic rings. The first kappa shape index (κ1) is 10.8. The van der Waals surface area contributed by atoms with Gasteiger partial charge < -0.3 is 10.5 Å². The molecule has 3 heteroatoms. The summed E-state index contributed by atoms with van der Waals surface area (Å²) in [5.41, 5.74) is 4.93. The fourth-order valence-electron chi connectivity index (χ4n) is 0.486. The second-order valence-electron chi connectivity index (χ2n) is 3.70. The molecule has 0 aromatic heterocycles. The van der Waals surface area contributed by atoms with Crippen molar-refractivity contribution >= 4 is 6.09 Å². The Kier molecular flexibility index (Phi) is 4.20. The Morgan fingerprint density at radius 2 is 2.00 bits per heavy atom. The van der Waals surface area contributed by atoms with E-state index in [0.29, 0.717) is 0 Å². The molecule has 2 N–H and O–H groups in total. The minimum absolute atomic E-state index is 0.0887. The first-order chi connectivity index (χ1) is 5.42. The summed E-state index contributed by atoms with van der Waals surface area (Å²) in [6, 6.07) is 0. The van der Waals surface area contributed by atoms with Gasteiger partial charge in [-0.05, 0) is 5.41 Å². The van der Waals surface area contributed by atoms with Crippen molar-refractivity contribution < 1.29 is 9.53 Å². The quantitative estimate of drug-likeness (QED) is 0.605. The standard InChI is InChI=1S/C9H15NO2/c1-9(2,3)6-4-5-7-12-8(10)11/h6-7H2,1-3H3,(H2,10,11). The van der Waals surface area contributed by atoms with Crippen LogP contribution in [0.3, 0.4) is 0 Å². The predicted octanol–water partition coefficient (Wildman–Crippen LogP) is 1.52. The third-order valence-electron chi connectivity index (χ3n) is 1.03. The SMILES string of the molecule is CC(C)(C)CC#CCOC(N)=O. The van der Waals surface area contributed by atoms with Crippen LogP contribution in [-0.4, -0.2) is 12.7 Å². The van der Waals surface area contributed by atoms with E-state index >= 15 is 0 Å². The molecule has 0 bridgehead atoms. The number of hydrogen-bond acceptors (Lipinski definition) is 2. The Morgan fingerprint density at radius 1 is 1.42 bits per heavy atom. The van der Waals surface area contributed by atoms with Crippen LogP contribution in [0.4, 0.5) is 4.79 Å². The summed E-state index contributed by atoms with van der Waals surface area (Å²) in [5.74, 6) is 5.60. The summed E-state index contributed by atoms with van der Waals surface area (Å²) in [6.07, 6.45) is 0.00910. The summed E-state index contributed by atoms with van der Waals surface area (Å²) in [4.78, 5) is 10.1. The van der Waals surface area contributed by atoms with E-state index in [2.05, 4.69) is 37.3 Å². The molecule has 0 saturated heterocycles. The van der Waals surface area contributed by atoms with Gasteiger partial charge in [0.1, 0.15) is 0 Å². The zero-order valence-corrected chi connectivity index (χ0v) is 7.81. The van der Waals surface area contributed by atoms with Gasteiger partial charge in [0, 0.05) is 6.42 Å². The van der Waals surface area contributed by atoms with Crippen LogP contribution in [-0.2, 0) is 4.74 Å². The first-order valence-electron chi connectivity index (χ1n) is 3.80. The highest BCUT2D eigenvalue weighted by atomic mass is 16.5. The highest BCUT2D eigenvalue weighted by Crippen LogP contribution is 2.16. The lowest BCUT2D eigenvalue weighted by Gasteiger charge is -2.12. The lowest BCUT2D eigenvalue weighted by molar-refractivity contribution is 0.171. The number of nitrogens with two attached hydrogens (primary N) is 1. The van der Waals surface area contributed by atoms with Crippen LogP contribution in [0, 0.1) is 17.3 Å². The van der Waals surface area contributed by atoms with Crippen LogP contribution >= 0.6 is 0 Å². The summed E-state index contributed by atoms with van der Waals surface area (Å²) < 4.78 is 4.42. The number of rotatable bonds is 1. The van der Waals surface area contributed by atoms with Crippen LogP contribution in [0.15, 0.2) is 0 Å². The van der Waals surface area contributed by atoms with Gasteiger partial charge in [-0.3, -0.25) is 0 Å². The molecule has 0 rings (SSSR count). The van der Waals surface area contributed by atoms with Gasteiger partial charge in [-0.2, -0.15) is 0 Å². The van der Waals surface area contributed by atoms with Gasteiger partial charge >= 0.3 is 6.09 Å². The smallest absolute Gasteiger partial charge is 0.405 e.